The van der Waals surface area contributed by atoms with Crippen LogP contribution in [-0.4, -0.2) is 33.1 Å². The number of hydrogen-bond acceptors (Lipinski definition) is 2. The summed E-state index contributed by atoms with van der Waals surface area (Å²) < 4.78 is 26.0. The summed E-state index contributed by atoms with van der Waals surface area (Å²) in [5, 5.41) is 0. The van der Waals surface area contributed by atoms with Crippen LogP contribution in [0.3, 0.4) is 0 Å². The molecule has 1 aromatic rings. The van der Waals surface area contributed by atoms with E-state index in [9.17, 15) is 8.42 Å². The van der Waals surface area contributed by atoms with Crippen LogP contribution < -0.4 is 0 Å². The van der Waals surface area contributed by atoms with Crippen molar-refractivity contribution in [2.24, 2.45) is 0 Å². The molecule has 2 atom stereocenters. The highest BCUT2D eigenvalue weighted by Crippen LogP contribution is 2.38. The Bertz CT molecular complexity index is 508. The molecule has 1 aliphatic rings. The van der Waals surface area contributed by atoms with Gasteiger partial charge in [-0.1, -0.05) is 50.0 Å². The summed E-state index contributed by atoms with van der Waals surface area (Å²) in [6.07, 6.45) is 0. The van der Waals surface area contributed by atoms with E-state index in [1.165, 1.54) is 0 Å². The molecule has 1 unspecified atom stereocenters. The quantitative estimate of drug-likeness (QED) is 0.615. The summed E-state index contributed by atoms with van der Waals surface area (Å²) in [4.78, 5) is 0. The average molecular weight is 283 g/mol. The highest BCUT2D eigenvalue weighted by atomic mass is 32.2. The lowest BCUT2D eigenvalue weighted by Crippen LogP contribution is -2.26. The van der Waals surface area contributed by atoms with Gasteiger partial charge in [0.1, 0.15) is 0 Å². The SMILES string of the molecule is C[Si](C)(C)CCS(=O)(=O)N1C[C@H]1c1ccccc1. The van der Waals surface area contributed by atoms with Crippen molar-refractivity contribution in [3.05, 3.63) is 35.9 Å². The molecule has 0 saturated carbocycles. The van der Waals surface area contributed by atoms with Crippen LogP contribution in [0.5, 0.6) is 0 Å². The van der Waals surface area contributed by atoms with Crippen LogP contribution in [0.15, 0.2) is 30.3 Å². The van der Waals surface area contributed by atoms with E-state index in [1.807, 2.05) is 30.3 Å². The molecule has 0 spiro atoms. The number of sulfonamides is 1. The van der Waals surface area contributed by atoms with Gasteiger partial charge < -0.3 is 0 Å². The van der Waals surface area contributed by atoms with E-state index in [-0.39, 0.29) is 6.04 Å². The monoisotopic (exact) mass is 283 g/mol. The Morgan fingerprint density at radius 3 is 2.39 bits per heavy atom. The highest BCUT2D eigenvalue weighted by Gasteiger charge is 2.44. The number of rotatable bonds is 5. The fourth-order valence-electron chi connectivity index (χ4n) is 1.93. The second kappa shape index (κ2) is 4.79. The highest BCUT2D eigenvalue weighted by molar-refractivity contribution is 7.89. The molecular formula is C13H21NO2SSi. The van der Waals surface area contributed by atoms with Crippen LogP contribution in [0.4, 0.5) is 0 Å². The topological polar surface area (TPSA) is 37.1 Å². The van der Waals surface area contributed by atoms with Crippen molar-refractivity contribution in [1.82, 2.24) is 4.31 Å². The van der Waals surface area contributed by atoms with Crippen LogP contribution in [-0.2, 0) is 10.0 Å². The van der Waals surface area contributed by atoms with Crippen molar-refractivity contribution < 1.29 is 8.42 Å². The van der Waals surface area contributed by atoms with E-state index < -0.39 is 18.1 Å². The fraction of sp³-hybridized carbons (Fsp3) is 0.538. The lowest BCUT2D eigenvalue weighted by atomic mass is 10.2. The molecule has 0 bridgehead atoms. The molecule has 1 heterocycles. The molecule has 0 amide bonds. The Morgan fingerprint density at radius 1 is 1.22 bits per heavy atom. The maximum absolute atomic E-state index is 12.2. The second-order valence-electron chi connectivity index (χ2n) is 6.12. The van der Waals surface area contributed by atoms with Gasteiger partial charge in [0.2, 0.25) is 10.0 Å². The van der Waals surface area contributed by atoms with Crippen molar-refractivity contribution in [2.45, 2.75) is 31.7 Å². The molecule has 1 aliphatic heterocycles. The fourth-order valence-corrected chi connectivity index (χ4v) is 6.52. The molecule has 100 valence electrons. The van der Waals surface area contributed by atoms with E-state index in [0.29, 0.717) is 12.3 Å². The van der Waals surface area contributed by atoms with Gasteiger partial charge in [0.05, 0.1) is 11.8 Å². The first-order chi connectivity index (χ1) is 8.30. The first-order valence-corrected chi connectivity index (χ1v) is 11.7. The van der Waals surface area contributed by atoms with Crippen molar-refractivity contribution in [2.75, 3.05) is 12.3 Å². The van der Waals surface area contributed by atoms with Crippen LogP contribution in [0, 0.1) is 0 Å². The van der Waals surface area contributed by atoms with E-state index in [4.69, 9.17) is 0 Å². The molecule has 1 fully saturated rings. The Morgan fingerprint density at radius 2 is 1.83 bits per heavy atom. The van der Waals surface area contributed by atoms with Crippen LogP contribution in [0.2, 0.25) is 25.7 Å². The minimum Gasteiger partial charge on any atom is -0.212 e. The van der Waals surface area contributed by atoms with Gasteiger partial charge in [-0.2, -0.15) is 4.31 Å². The van der Waals surface area contributed by atoms with Crippen LogP contribution in [0.1, 0.15) is 11.6 Å². The standard InChI is InChI=1S/C13H21NO2SSi/c1-18(2,3)10-9-17(15,16)14-11-13(14)12-7-5-4-6-8-12/h4-8,13H,9-11H2,1-3H3/t13-,14?/m0/s1. The van der Waals surface area contributed by atoms with Gasteiger partial charge in [0.15, 0.2) is 0 Å². The van der Waals surface area contributed by atoms with Gasteiger partial charge in [0, 0.05) is 14.6 Å². The summed E-state index contributed by atoms with van der Waals surface area (Å²) in [7, 11) is -4.34. The first kappa shape index (κ1) is 13.8. The third kappa shape index (κ3) is 3.43. The van der Waals surface area contributed by atoms with Gasteiger partial charge in [-0.25, -0.2) is 8.42 Å². The van der Waals surface area contributed by atoms with Gasteiger partial charge in [-0.3, -0.25) is 0 Å². The largest absolute Gasteiger partial charge is 0.214 e. The third-order valence-corrected chi connectivity index (χ3v) is 7.17. The zero-order valence-electron chi connectivity index (χ0n) is 11.3. The lowest BCUT2D eigenvalue weighted by molar-refractivity contribution is 0.555. The smallest absolute Gasteiger partial charge is 0.212 e. The molecule has 5 heteroatoms. The minimum atomic E-state index is -3.05. The van der Waals surface area contributed by atoms with Gasteiger partial charge in [0.25, 0.3) is 0 Å². The summed E-state index contributed by atoms with van der Waals surface area (Å²) in [5.41, 5.74) is 1.11. The Kier molecular flexibility index (Phi) is 3.67. The Hall–Kier alpha value is -0.653. The van der Waals surface area contributed by atoms with Crippen molar-refractivity contribution in [1.29, 1.82) is 0 Å². The molecule has 2 rings (SSSR count). The molecule has 0 aromatic heterocycles. The third-order valence-electron chi connectivity index (χ3n) is 3.22. The molecular weight excluding hydrogens is 262 g/mol. The summed E-state index contributed by atoms with van der Waals surface area (Å²) in [6, 6.07) is 10.8. The normalized spacial score (nSPS) is 23.9. The van der Waals surface area contributed by atoms with Crippen molar-refractivity contribution >= 4 is 18.1 Å². The number of benzene rings is 1. The molecule has 0 radical (unpaired) electrons. The zero-order valence-corrected chi connectivity index (χ0v) is 13.1. The average Bonchev–Trinajstić information content (AvgIpc) is 3.07. The van der Waals surface area contributed by atoms with E-state index >= 15 is 0 Å². The predicted octanol–water partition coefficient (Wildman–Crippen LogP) is 2.71. The Labute approximate surface area is 111 Å². The maximum Gasteiger partial charge on any atom is 0.214 e. The lowest BCUT2D eigenvalue weighted by Gasteiger charge is -2.15. The summed E-state index contributed by atoms with van der Waals surface area (Å²) >= 11 is 0. The van der Waals surface area contributed by atoms with Gasteiger partial charge >= 0.3 is 0 Å². The second-order valence-corrected chi connectivity index (χ2v) is 13.8. The first-order valence-electron chi connectivity index (χ1n) is 6.34. The number of hydrogen-bond donors (Lipinski definition) is 0. The van der Waals surface area contributed by atoms with E-state index in [0.717, 1.165) is 11.6 Å². The number of nitrogens with zero attached hydrogens (tertiary/aromatic N) is 1. The molecule has 18 heavy (non-hydrogen) atoms. The predicted molar refractivity (Wildman–Crippen MR) is 77.8 cm³/mol. The summed E-state index contributed by atoms with van der Waals surface area (Å²) in [5.74, 6) is 0.312. The van der Waals surface area contributed by atoms with E-state index in [1.54, 1.807) is 4.31 Å². The Balaban J connectivity index is 1.98. The minimum absolute atomic E-state index is 0.0813. The van der Waals surface area contributed by atoms with Crippen molar-refractivity contribution in [3.8, 4) is 0 Å². The van der Waals surface area contributed by atoms with Gasteiger partial charge in [-0.05, 0) is 11.6 Å². The molecule has 1 aromatic carbocycles. The molecule has 0 aliphatic carbocycles. The van der Waals surface area contributed by atoms with Crippen LogP contribution >= 0.6 is 0 Å². The summed E-state index contributed by atoms with van der Waals surface area (Å²) in [6.45, 7) is 7.27. The van der Waals surface area contributed by atoms with Gasteiger partial charge in [-0.15, -0.1) is 0 Å². The molecule has 0 N–H and O–H groups in total. The molecule has 1 saturated heterocycles. The van der Waals surface area contributed by atoms with Crippen LogP contribution in [0.25, 0.3) is 0 Å². The zero-order chi connectivity index (χ0) is 13.4. The van der Waals surface area contributed by atoms with Crippen molar-refractivity contribution in [3.63, 3.8) is 0 Å². The maximum atomic E-state index is 12.2. The van der Waals surface area contributed by atoms with E-state index in [2.05, 4.69) is 19.6 Å². The molecule has 3 nitrogen and oxygen atoms in total.